The van der Waals surface area contributed by atoms with Gasteiger partial charge >= 0.3 is 0 Å². The number of ether oxygens (including phenoxy) is 1. The van der Waals surface area contributed by atoms with Crippen molar-refractivity contribution in [1.29, 1.82) is 0 Å². The summed E-state index contributed by atoms with van der Waals surface area (Å²) < 4.78 is 31.3. The number of aromatic nitrogens is 2. The van der Waals surface area contributed by atoms with Gasteiger partial charge in [-0.1, -0.05) is 0 Å². The number of nitrogen functional groups attached to an aromatic ring is 1. The Bertz CT molecular complexity index is 468. The van der Waals surface area contributed by atoms with Crippen molar-refractivity contribution in [3.8, 4) is 0 Å². The summed E-state index contributed by atoms with van der Waals surface area (Å²) in [6.07, 6.45) is 3.26. The van der Waals surface area contributed by atoms with Gasteiger partial charge in [0.15, 0.2) is 0 Å². The average Bonchev–Trinajstić information content (AvgIpc) is 2.80. The van der Waals surface area contributed by atoms with Crippen LogP contribution in [0.2, 0.25) is 0 Å². The van der Waals surface area contributed by atoms with E-state index in [9.17, 15) is 8.42 Å². The van der Waals surface area contributed by atoms with Crippen LogP contribution in [0.5, 0.6) is 0 Å². The lowest BCUT2D eigenvalue weighted by Crippen LogP contribution is -2.29. The number of hydrogen-bond acceptors (Lipinski definition) is 6. The van der Waals surface area contributed by atoms with E-state index >= 15 is 0 Å². The summed E-state index contributed by atoms with van der Waals surface area (Å²) in [6.45, 7) is 1.66. The number of sulfonamides is 1. The Morgan fingerprint density at radius 1 is 1.47 bits per heavy atom. The summed E-state index contributed by atoms with van der Waals surface area (Å²) in [7, 11) is -3.55. The van der Waals surface area contributed by atoms with Gasteiger partial charge in [-0.05, 0) is 12.3 Å². The Balaban J connectivity index is 2.00. The highest BCUT2D eigenvalue weighted by atomic mass is 32.2. The smallest absolute Gasteiger partial charge is 0.243 e. The number of rotatable bonds is 4. The molecule has 0 amide bonds. The van der Waals surface area contributed by atoms with Gasteiger partial charge in [-0.15, -0.1) is 0 Å². The fourth-order valence-corrected chi connectivity index (χ4v) is 2.52. The van der Waals surface area contributed by atoms with Crippen LogP contribution in [-0.4, -0.2) is 38.1 Å². The van der Waals surface area contributed by atoms with E-state index in [1.54, 1.807) is 0 Å². The molecule has 2 heterocycles. The number of anilines is 1. The Morgan fingerprint density at radius 2 is 2.18 bits per heavy atom. The predicted molar refractivity (Wildman–Crippen MR) is 60.6 cm³/mol. The highest BCUT2D eigenvalue weighted by Crippen LogP contribution is 2.12. The molecule has 1 saturated heterocycles. The quantitative estimate of drug-likeness (QED) is 0.745. The fourth-order valence-electron chi connectivity index (χ4n) is 1.52. The minimum atomic E-state index is -3.55. The zero-order chi connectivity index (χ0) is 12.3. The molecule has 3 N–H and O–H groups in total. The number of nitrogens with two attached hydrogens (primary N) is 1. The first-order valence-corrected chi connectivity index (χ1v) is 6.71. The summed E-state index contributed by atoms with van der Waals surface area (Å²) in [4.78, 5) is 7.32. The third-order valence-corrected chi connectivity index (χ3v) is 3.92. The largest absolute Gasteiger partial charge is 0.381 e. The van der Waals surface area contributed by atoms with Crippen molar-refractivity contribution in [2.24, 2.45) is 5.92 Å². The maximum Gasteiger partial charge on any atom is 0.243 e. The number of hydrogen-bond donors (Lipinski definition) is 2. The number of nitrogens with zero attached hydrogens (tertiary/aromatic N) is 2. The summed E-state index contributed by atoms with van der Waals surface area (Å²) in [5.74, 6) is 0.285. The van der Waals surface area contributed by atoms with Gasteiger partial charge in [0.05, 0.1) is 19.0 Å². The number of nitrogens with one attached hydrogen (secondary N) is 1. The maximum absolute atomic E-state index is 11.8. The van der Waals surface area contributed by atoms with Crippen LogP contribution in [-0.2, 0) is 14.8 Å². The van der Waals surface area contributed by atoms with Crippen molar-refractivity contribution in [1.82, 2.24) is 14.7 Å². The van der Waals surface area contributed by atoms with E-state index in [-0.39, 0.29) is 16.8 Å². The summed E-state index contributed by atoms with van der Waals surface area (Å²) >= 11 is 0. The van der Waals surface area contributed by atoms with Crippen molar-refractivity contribution in [2.75, 3.05) is 25.5 Å². The highest BCUT2D eigenvalue weighted by Gasteiger charge is 2.20. The lowest BCUT2D eigenvalue weighted by Gasteiger charge is -2.09. The van der Waals surface area contributed by atoms with Gasteiger partial charge in [0.1, 0.15) is 4.90 Å². The molecule has 1 unspecified atom stereocenters. The first-order chi connectivity index (χ1) is 8.08. The topological polar surface area (TPSA) is 107 Å². The van der Waals surface area contributed by atoms with E-state index in [0.29, 0.717) is 19.8 Å². The van der Waals surface area contributed by atoms with Crippen molar-refractivity contribution in [3.05, 3.63) is 12.4 Å². The highest BCUT2D eigenvalue weighted by molar-refractivity contribution is 7.89. The van der Waals surface area contributed by atoms with Crippen molar-refractivity contribution in [3.63, 3.8) is 0 Å². The summed E-state index contributed by atoms with van der Waals surface area (Å²) in [6, 6.07) is 0. The fraction of sp³-hybridized carbons (Fsp3) is 0.556. The second-order valence-electron chi connectivity index (χ2n) is 3.86. The molecule has 8 heteroatoms. The average molecular weight is 258 g/mol. The Morgan fingerprint density at radius 3 is 2.76 bits per heavy atom. The van der Waals surface area contributed by atoms with Gasteiger partial charge in [-0.3, -0.25) is 0 Å². The van der Waals surface area contributed by atoms with Crippen LogP contribution in [0.1, 0.15) is 6.42 Å². The molecule has 94 valence electrons. The molecule has 0 saturated carbocycles. The molecule has 0 aliphatic carbocycles. The molecule has 2 rings (SSSR count). The van der Waals surface area contributed by atoms with Gasteiger partial charge in [0, 0.05) is 13.2 Å². The van der Waals surface area contributed by atoms with Gasteiger partial charge in [0.2, 0.25) is 16.0 Å². The van der Waals surface area contributed by atoms with Gasteiger partial charge in [0.25, 0.3) is 0 Å². The van der Waals surface area contributed by atoms with Gasteiger partial charge in [-0.25, -0.2) is 23.1 Å². The van der Waals surface area contributed by atoms with E-state index < -0.39 is 10.0 Å². The van der Waals surface area contributed by atoms with Crippen LogP contribution in [0.3, 0.4) is 0 Å². The van der Waals surface area contributed by atoms with Gasteiger partial charge in [-0.2, -0.15) is 0 Å². The first kappa shape index (κ1) is 12.2. The molecule has 1 fully saturated rings. The molecule has 17 heavy (non-hydrogen) atoms. The van der Waals surface area contributed by atoms with Crippen LogP contribution in [0, 0.1) is 5.92 Å². The Kier molecular flexibility index (Phi) is 3.55. The lowest BCUT2D eigenvalue weighted by molar-refractivity contribution is 0.186. The van der Waals surface area contributed by atoms with Gasteiger partial charge < -0.3 is 10.5 Å². The minimum Gasteiger partial charge on any atom is -0.381 e. The standard InChI is InChI=1S/C9H14N4O3S/c10-9-11-4-8(5-12-9)17(14,15)13-3-7-1-2-16-6-7/h4-5,7,13H,1-3,6H2,(H2,10,11,12). The van der Waals surface area contributed by atoms with Crippen LogP contribution >= 0.6 is 0 Å². The molecule has 0 aromatic carbocycles. The molecule has 1 aliphatic rings. The zero-order valence-electron chi connectivity index (χ0n) is 9.17. The van der Waals surface area contributed by atoms with Crippen LogP contribution in [0.4, 0.5) is 5.95 Å². The van der Waals surface area contributed by atoms with E-state index in [1.165, 1.54) is 12.4 Å². The van der Waals surface area contributed by atoms with Crippen molar-refractivity contribution < 1.29 is 13.2 Å². The Hall–Kier alpha value is -1.25. The molecular formula is C9H14N4O3S. The third-order valence-electron chi connectivity index (χ3n) is 2.54. The van der Waals surface area contributed by atoms with Crippen LogP contribution in [0.15, 0.2) is 17.3 Å². The van der Waals surface area contributed by atoms with E-state index in [2.05, 4.69) is 14.7 Å². The lowest BCUT2D eigenvalue weighted by atomic mass is 10.1. The first-order valence-electron chi connectivity index (χ1n) is 5.23. The molecule has 1 atom stereocenters. The molecule has 0 radical (unpaired) electrons. The van der Waals surface area contributed by atoms with Crippen LogP contribution in [0.25, 0.3) is 0 Å². The molecule has 7 nitrogen and oxygen atoms in total. The molecule has 0 bridgehead atoms. The molecule has 0 spiro atoms. The SMILES string of the molecule is Nc1ncc(S(=O)(=O)NCC2CCOC2)cn1. The summed E-state index contributed by atoms with van der Waals surface area (Å²) in [5.41, 5.74) is 5.29. The second kappa shape index (κ2) is 4.94. The molecule has 1 aromatic rings. The molecular weight excluding hydrogens is 244 g/mol. The van der Waals surface area contributed by atoms with E-state index in [0.717, 1.165) is 6.42 Å². The van der Waals surface area contributed by atoms with E-state index in [1.807, 2.05) is 0 Å². The monoisotopic (exact) mass is 258 g/mol. The third kappa shape index (κ3) is 3.11. The second-order valence-corrected chi connectivity index (χ2v) is 5.63. The van der Waals surface area contributed by atoms with Crippen molar-refractivity contribution in [2.45, 2.75) is 11.3 Å². The zero-order valence-corrected chi connectivity index (χ0v) is 9.98. The van der Waals surface area contributed by atoms with Crippen molar-refractivity contribution >= 4 is 16.0 Å². The van der Waals surface area contributed by atoms with E-state index in [4.69, 9.17) is 10.5 Å². The van der Waals surface area contributed by atoms with Crippen LogP contribution < -0.4 is 10.5 Å². The Labute approximate surface area is 99.5 Å². The normalized spacial score (nSPS) is 20.6. The molecule has 1 aromatic heterocycles. The minimum absolute atomic E-state index is 0.0191. The predicted octanol–water partition coefficient (Wildman–Crippen LogP) is -0.626. The molecule has 1 aliphatic heterocycles. The maximum atomic E-state index is 11.8. The summed E-state index contributed by atoms with van der Waals surface area (Å²) in [5, 5.41) is 0.